The molecule has 0 saturated heterocycles. The van der Waals surface area contributed by atoms with Gasteiger partial charge in [-0.3, -0.25) is 9.67 Å². The minimum absolute atomic E-state index is 0.0384. The van der Waals surface area contributed by atoms with Crippen molar-refractivity contribution in [3.63, 3.8) is 0 Å². The monoisotopic (exact) mass is 301 g/mol. The second-order valence-corrected chi connectivity index (χ2v) is 5.04. The quantitative estimate of drug-likeness (QED) is 0.546. The maximum atomic E-state index is 9.57. The van der Waals surface area contributed by atoms with Gasteiger partial charge in [-0.2, -0.15) is 5.10 Å². The zero-order chi connectivity index (χ0) is 15.8. The molecule has 1 aromatic heterocycles. The highest BCUT2D eigenvalue weighted by Gasteiger charge is 2.11. The smallest absolute Gasteiger partial charge is 0.191 e. The number of nitrogens with one attached hydrogen (secondary N) is 2. The summed E-state index contributed by atoms with van der Waals surface area (Å²) in [5.74, 6) is 0.743. The van der Waals surface area contributed by atoms with E-state index in [1.807, 2.05) is 48.1 Å². The fourth-order valence-corrected chi connectivity index (χ4v) is 2.20. The molecule has 2 aromatic rings. The van der Waals surface area contributed by atoms with Crippen molar-refractivity contribution in [1.29, 1.82) is 0 Å². The molecule has 118 valence electrons. The van der Waals surface area contributed by atoms with Gasteiger partial charge in [0.05, 0.1) is 18.8 Å². The number of benzene rings is 1. The summed E-state index contributed by atoms with van der Waals surface area (Å²) in [7, 11) is 3.64. The van der Waals surface area contributed by atoms with E-state index in [2.05, 4.69) is 20.7 Å². The molecular weight excluding hydrogens is 278 g/mol. The van der Waals surface area contributed by atoms with Crippen LogP contribution in [0.2, 0.25) is 0 Å². The Bertz CT molecular complexity index is 594. The molecule has 0 aliphatic heterocycles. The number of aliphatic hydroxyl groups excluding tert-OH is 1. The van der Waals surface area contributed by atoms with Gasteiger partial charge in [0.2, 0.25) is 0 Å². The molecule has 2 rings (SSSR count). The highest BCUT2D eigenvalue weighted by atomic mass is 16.3. The lowest BCUT2D eigenvalue weighted by Crippen LogP contribution is -2.39. The molecule has 0 radical (unpaired) electrons. The van der Waals surface area contributed by atoms with E-state index in [-0.39, 0.29) is 12.5 Å². The molecule has 0 aliphatic carbocycles. The number of hydrogen-bond acceptors (Lipinski definition) is 3. The summed E-state index contributed by atoms with van der Waals surface area (Å²) >= 11 is 0. The van der Waals surface area contributed by atoms with Crippen LogP contribution in [0.25, 0.3) is 0 Å². The van der Waals surface area contributed by atoms with Crippen LogP contribution < -0.4 is 10.6 Å². The van der Waals surface area contributed by atoms with E-state index in [1.165, 1.54) is 0 Å². The van der Waals surface area contributed by atoms with Gasteiger partial charge in [0.15, 0.2) is 5.96 Å². The number of guanidine groups is 1. The van der Waals surface area contributed by atoms with E-state index < -0.39 is 0 Å². The molecule has 0 saturated carbocycles. The average molecular weight is 301 g/mol. The molecule has 22 heavy (non-hydrogen) atoms. The molecule has 1 atom stereocenters. The molecule has 0 fully saturated rings. The molecule has 6 nitrogen and oxygen atoms in total. The van der Waals surface area contributed by atoms with Gasteiger partial charge in [0.1, 0.15) is 0 Å². The molecule has 0 aliphatic rings. The lowest BCUT2D eigenvalue weighted by atomic mass is 10.0. The molecule has 3 N–H and O–H groups in total. The second kappa shape index (κ2) is 8.19. The van der Waals surface area contributed by atoms with Crippen molar-refractivity contribution in [2.45, 2.75) is 12.5 Å². The maximum absolute atomic E-state index is 9.57. The summed E-state index contributed by atoms with van der Waals surface area (Å²) in [5, 5.41) is 20.2. The summed E-state index contributed by atoms with van der Waals surface area (Å²) < 4.78 is 1.82. The first-order valence-corrected chi connectivity index (χ1v) is 7.31. The second-order valence-electron chi connectivity index (χ2n) is 5.04. The first-order valence-electron chi connectivity index (χ1n) is 7.31. The Morgan fingerprint density at radius 1 is 1.27 bits per heavy atom. The summed E-state index contributed by atoms with van der Waals surface area (Å²) in [6, 6.07) is 11.9. The van der Waals surface area contributed by atoms with Crippen molar-refractivity contribution in [3.05, 3.63) is 53.9 Å². The first-order chi connectivity index (χ1) is 10.7. The molecule has 1 unspecified atom stereocenters. The Hall–Kier alpha value is -2.34. The van der Waals surface area contributed by atoms with Crippen molar-refractivity contribution in [1.82, 2.24) is 20.4 Å². The van der Waals surface area contributed by atoms with Crippen LogP contribution in [0.4, 0.5) is 0 Å². The minimum Gasteiger partial charge on any atom is -0.396 e. The lowest BCUT2D eigenvalue weighted by molar-refractivity contribution is 0.265. The van der Waals surface area contributed by atoms with Crippen LogP contribution in [0, 0.1) is 0 Å². The van der Waals surface area contributed by atoms with Crippen molar-refractivity contribution in [2.24, 2.45) is 12.0 Å². The fourth-order valence-electron chi connectivity index (χ4n) is 2.20. The fraction of sp³-hybridized carbons (Fsp3) is 0.375. The summed E-state index contributed by atoms with van der Waals surface area (Å²) in [5.41, 5.74) is 2.18. The minimum atomic E-state index is 0.0384. The van der Waals surface area contributed by atoms with Crippen LogP contribution in [0.1, 0.15) is 17.2 Å². The number of aryl methyl sites for hydroxylation is 1. The molecule has 0 amide bonds. The lowest BCUT2D eigenvalue weighted by Gasteiger charge is -2.18. The van der Waals surface area contributed by atoms with Crippen molar-refractivity contribution >= 4 is 5.96 Å². The third-order valence-electron chi connectivity index (χ3n) is 3.59. The van der Waals surface area contributed by atoms with Crippen LogP contribution in [-0.2, 0) is 13.6 Å². The number of aromatic nitrogens is 2. The van der Waals surface area contributed by atoms with Gasteiger partial charge in [0, 0.05) is 32.8 Å². The summed E-state index contributed by atoms with van der Waals surface area (Å²) in [6.07, 6.45) is 1.77. The number of aliphatic imine (C=N–C) groups is 1. The van der Waals surface area contributed by atoms with E-state index in [0.717, 1.165) is 11.3 Å². The van der Waals surface area contributed by atoms with Gasteiger partial charge < -0.3 is 15.7 Å². The Kier molecular flexibility index (Phi) is 5.97. The highest BCUT2D eigenvalue weighted by Crippen LogP contribution is 2.13. The van der Waals surface area contributed by atoms with Crippen LogP contribution in [0.3, 0.4) is 0 Å². The van der Waals surface area contributed by atoms with Crippen molar-refractivity contribution < 1.29 is 5.11 Å². The Balaban J connectivity index is 1.86. The summed E-state index contributed by atoms with van der Waals surface area (Å²) in [6.45, 7) is 1.35. The molecule has 6 heteroatoms. The van der Waals surface area contributed by atoms with Gasteiger partial charge in [-0.1, -0.05) is 30.3 Å². The van der Waals surface area contributed by atoms with Crippen molar-refractivity contribution in [2.75, 3.05) is 20.2 Å². The standard InChI is InChI=1S/C16H23N5O/c1-17-16(19-11-15-8-9-20-21(15)2)18-10-14(12-22)13-6-4-3-5-7-13/h3-9,14,22H,10-12H2,1-2H3,(H2,17,18,19). The predicted molar refractivity (Wildman–Crippen MR) is 87.7 cm³/mol. The largest absolute Gasteiger partial charge is 0.396 e. The molecule has 0 spiro atoms. The number of aliphatic hydroxyl groups is 1. The van der Waals surface area contributed by atoms with Crippen LogP contribution >= 0.6 is 0 Å². The maximum Gasteiger partial charge on any atom is 0.191 e. The number of hydrogen-bond donors (Lipinski definition) is 3. The van der Waals surface area contributed by atoms with E-state index in [0.29, 0.717) is 19.0 Å². The Morgan fingerprint density at radius 3 is 2.64 bits per heavy atom. The van der Waals surface area contributed by atoms with E-state index in [4.69, 9.17) is 0 Å². The zero-order valence-corrected chi connectivity index (χ0v) is 13.0. The van der Waals surface area contributed by atoms with Gasteiger partial charge in [-0.15, -0.1) is 0 Å². The van der Waals surface area contributed by atoms with E-state index in [1.54, 1.807) is 13.2 Å². The third-order valence-corrected chi connectivity index (χ3v) is 3.59. The van der Waals surface area contributed by atoms with Gasteiger partial charge in [-0.05, 0) is 11.6 Å². The SMILES string of the molecule is CN=C(NCc1ccnn1C)NCC(CO)c1ccccc1. The Morgan fingerprint density at radius 2 is 2.05 bits per heavy atom. The van der Waals surface area contributed by atoms with Gasteiger partial charge >= 0.3 is 0 Å². The van der Waals surface area contributed by atoms with Crippen LogP contribution in [-0.4, -0.2) is 41.0 Å². The topological polar surface area (TPSA) is 74.5 Å². The molecule has 1 heterocycles. The predicted octanol–water partition coefficient (Wildman–Crippen LogP) is 0.861. The van der Waals surface area contributed by atoms with Crippen LogP contribution in [0.5, 0.6) is 0 Å². The van der Waals surface area contributed by atoms with Crippen LogP contribution in [0.15, 0.2) is 47.6 Å². The first kappa shape index (κ1) is 16.0. The highest BCUT2D eigenvalue weighted by molar-refractivity contribution is 5.79. The summed E-state index contributed by atoms with van der Waals surface area (Å²) in [4.78, 5) is 4.20. The van der Waals surface area contributed by atoms with Gasteiger partial charge in [-0.25, -0.2) is 0 Å². The molecular formula is C16H23N5O. The number of nitrogens with zero attached hydrogens (tertiary/aromatic N) is 3. The normalized spacial score (nSPS) is 13.0. The third kappa shape index (κ3) is 4.33. The van der Waals surface area contributed by atoms with E-state index in [9.17, 15) is 5.11 Å². The van der Waals surface area contributed by atoms with Crippen molar-refractivity contribution in [3.8, 4) is 0 Å². The number of rotatable bonds is 6. The molecule has 0 bridgehead atoms. The van der Waals surface area contributed by atoms with E-state index >= 15 is 0 Å². The molecule has 1 aromatic carbocycles. The Labute approximate surface area is 130 Å². The van der Waals surface area contributed by atoms with Gasteiger partial charge in [0.25, 0.3) is 0 Å². The zero-order valence-electron chi connectivity index (χ0n) is 13.0. The average Bonchev–Trinajstić information content (AvgIpc) is 2.97.